The molecule has 17 heavy (non-hydrogen) atoms. The number of aromatic nitrogens is 1. The van der Waals surface area contributed by atoms with Gasteiger partial charge in [-0.25, -0.2) is 14.2 Å². The van der Waals surface area contributed by atoms with Crippen LogP contribution in [0.25, 0.3) is 0 Å². The van der Waals surface area contributed by atoms with Gasteiger partial charge in [-0.15, -0.1) is 0 Å². The first-order valence-corrected chi connectivity index (χ1v) is 4.66. The van der Waals surface area contributed by atoms with Crippen molar-refractivity contribution in [1.29, 1.82) is 0 Å². The zero-order valence-electron chi connectivity index (χ0n) is 9.15. The van der Waals surface area contributed by atoms with Crippen molar-refractivity contribution in [3.8, 4) is 0 Å². The lowest BCUT2D eigenvalue weighted by Crippen LogP contribution is -2.40. The van der Waals surface area contributed by atoms with Gasteiger partial charge in [0.1, 0.15) is 6.04 Å². The maximum Gasteiger partial charge on any atom is 0.326 e. The van der Waals surface area contributed by atoms with Crippen LogP contribution in [0.1, 0.15) is 17.3 Å². The summed E-state index contributed by atoms with van der Waals surface area (Å²) in [6.45, 7) is 1.26. The van der Waals surface area contributed by atoms with Crippen LogP contribution in [0, 0.1) is 11.8 Å². The molecule has 1 N–H and O–H groups in total. The van der Waals surface area contributed by atoms with E-state index in [1.54, 1.807) is 0 Å². The Balaban J connectivity index is 3.05. The predicted molar refractivity (Wildman–Crippen MR) is 53.3 cm³/mol. The van der Waals surface area contributed by atoms with Crippen LogP contribution in [0.15, 0.2) is 12.3 Å². The first kappa shape index (κ1) is 13.0. The number of rotatable bonds is 3. The molecule has 1 aromatic heterocycles. The minimum absolute atomic E-state index is 0.548. The number of carboxylic acid groups (broad SMARTS) is 1. The third-order valence-corrected chi connectivity index (χ3v) is 2.34. The lowest BCUT2D eigenvalue weighted by molar-refractivity contribution is -0.141. The van der Waals surface area contributed by atoms with Crippen LogP contribution in [0.5, 0.6) is 0 Å². The van der Waals surface area contributed by atoms with E-state index in [2.05, 4.69) is 4.98 Å². The topological polar surface area (TPSA) is 70.5 Å². The molecule has 0 bridgehead atoms. The van der Waals surface area contributed by atoms with Gasteiger partial charge in [0.25, 0.3) is 5.91 Å². The summed E-state index contributed by atoms with van der Waals surface area (Å²) in [5, 5.41) is 8.70. The van der Waals surface area contributed by atoms with E-state index in [0.29, 0.717) is 0 Å². The van der Waals surface area contributed by atoms with E-state index in [-0.39, 0.29) is 0 Å². The van der Waals surface area contributed by atoms with Gasteiger partial charge in [0.05, 0.1) is 5.56 Å². The van der Waals surface area contributed by atoms with Gasteiger partial charge in [-0.1, -0.05) is 0 Å². The summed E-state index contributed by atoms with van der Waals surface area (Å²) in [5.74, 6) is -4.94. The lowest BCUT2D eigenvalue weighted by Gasteiger charge is -2.21. The second kappa shape index (κ2) is 4.86. The van der Waals surface area contributed by atoms with Crippen LogP contribution < -0.4 is 0 Å². The number of likely N-dealkylation sites (N-methyl/N-ethyl adjacent to an activating group) is 1. The normalized spacial score (nSPS) is 12.0. The average molecular weight is 244 g/mol. The molecule has 0 aliphatic heterocycles. The van der Waals surface area contributed by atoms with Gasteiger partial charge in [0, 0.05) is 13.2 Å². The number of hydrogen-bond acceptors (Lipinski definition) is 3. The highest BCUT2D eigenvalue weighted by Crippen LogP contribution is 2.12. The van der Waals surface area contributed by atoms with E-state index >= 15 is 0 Å². The third kappa shape index (κ3) is 2.55. The molecule has 7 heteroatoms. The fourth-order valence-corrected chi connectivity index (χ4v) is 1.11. The van der Waals surface area contributed by atoms with Crippen LogP contribution in [0.3, 0.4) is 0 Å². The molecule has 0 saturated heterocycles. The number of aliphatic carboxylic acids is 1. The van der Waals surface area contributed by atoms with Crippen LogP contribution >= 0.6 is 0 Å². The van der Waals surface area contributed by atoms with Gasteiger partial charge in [0.2, 0.25) is 5.95 Å². The number of carboxylic acids is 1. The summed E-state index contributed by atoms with van der Waals surface area (Å²) >= 11 is 0. The molecule has 0 spiro atoms. The fourth-order valence-electron chi connectivity index (χ4n) is 1.11. The average Bonchev–Trinajstić information content (AvgIpc) is 2.29. The Morgan fingerprint density at radius 2 is 2.06 bits per heavy atom. The van der Waals surface area contributed by atoms with E-state index in [4.69, 9.17) is 5.11 Å². The lowest BCUT2D eigenvalue weighted by atomic mass is 10.2. The van der Waals surface area contributed by atoms with Crippen molar-refractivity contribution in [2.75, 3.05) is 7.05 Å². The molecule has 0 aliphatic rings. The summed E-state index contributed by atoms with van der Waals surface area (Å²) in [6, 6.07) is -0.149. The highest BCUT2D eigenvalue weighted by molar-refractivity contribution is 5.96. The number of amides is 1. The Morgan fingerprint density at radius 3 is 2.59 bits per heavy atom. The fraction of sp³-hybridized carbons (Fsp3) is 0.300. The first-order chi connectivity index (χ1) is 7.86. The Bertz CT molecular complexity index is 465. The predicted octanol–water partition coefficient (Wildman–Crippen LogP) is 0.905. The number of carbonyl (C=O) groups is 2. The van der Waals surface area contributed by atoms with Crippen molar-refractivity contribution in [1.82, 2.24) is 9.88 Å². The van der Waals surface area contributed by atoms with Crippen LogP contribution in [0.2, 0.25) is 0 Å². The van der Waals surface area contributed by atoms with Gasteiger partial charge in [0.15, 0.2) is 5.82 Å². The molecule has 1 aromatic rings. The maximum absolute atomic E-state index is 13.2. The van der Waals surface area contributed by atoms with Crippen molar-refractivity contribution in [2.45, 2.75) is 13.0 Å². The summed E-state index contributed by atoms with van der Waals surface area (Å²) in [5.41, 5.74) is -0.548. The SMILES string of the molecule is CC(C(=O)O)N(C)C(=O)c1ccnc(F)c1F. The molecule has 0 saturated carbocycles. The number of hydrogen-bond donors (Lipinski definition) is 1. The highest BCUT2D eigenvalue weighted by atomic mass is 19.2. The van der Waals surface area contributed by atoms with E-state index in [0.717, 1.165) is 17.2 Å². The quantitative estimate of drug-likeness (QED) is 0.802. The zero-order valence-corrected chi connectivity index (χ0v) is 9.15. The standard InChI is InChI=1S/C10H10F2N2O3/c1-5(10(16)17)14(2)9(15)6-3-4-13-8(12)7(6)11/h3-5H,1-2H3,(H,16,17). The van der Waals surface area contributed by atoms with Gasteiger partial charge < -0.3 is 10.0 Å². The van der Waals surface area contributed by atoms with Crippen molar-refractivity contribution >= 4 is 11.9 Å². The van der Waals surface area contributed by atoms with Crippen LogP contribution in [0.4, 0.5) is 8.78 Å². The number of pyridine rings is 1. The Labute approximate surface area is 95.7 Å². The minimum Gasteiger partial charge on any atom is -0.480 e. The van der Waals surface area contributed by atoms with Gasteiger partial charge >= 0.3 is 5.97 Å². The second-order valence-electron chi connectivity index (χ2n) is 3.39. The molecule has 0 aromatic carbocycles. The summed E-state index contributed by atoms with van der Waals surface area (Å²) in [6.07, 6.45) is 0.935. The van der Waals surface area contributed by atoms with Gasteiger partial charge in [-0.3, -0.25) is 4.79 Å². The van der Waals surface area contributed by atoms with E-state index in [1.807, 2.05) is 0 Å². The molecule has 1 atom stereocenters. The van der Waals surface area contributed by atoms with Crippen molar-refractivity contribution in [2.24, 2.45) is 0 Å². The van der Waals surface area contributed by atoms with Crippen molar-refractivity contribution in [3.05, 3.63) is 29.6 Å². The molecular weight excluding hydrogens is 234 g/mol. The van der Waals surface area contributed by atoms with E-state index < -0.39 is 35.2 Å². The molecule has 5 nitrogen and oxygen atoms in total. The molecule has 0 radical (unpaired) electrons. The maximum atomic E-state index is 13.2. The zero-order chi connectivity index (χ0) is 13.2. The largest absolute Gasteiger partial charge is 0.480 e. The molecule has 92 valence electrons. The third-order valence-electron chi connectivity index (χ3n) is 2.34. The molecule has 1 amide bonds. The Morgan fingerprint density at radius 1 is 1.47 bits per heavy atom. The molecular formula is C10H10F2N2O3. The molecule has 0 aliphatic carbocycles. The van der Waals surface area contributed by atoms with Gasteiger partial charge in [-0.2, -0.15) is 4.39 Å². The number of carbonyl (C=O) groups excluding carboxylic acids is 1. The highest BCUT2D eigenvalue weighted by Gasteiger charge is 2.26. The molecule has 1 heterocycles. The van der Waals surface area contributed by atoms with Crippen molar-refractivity contribution in [3.63, 3.8) is 0 Å². The number of halogens is 2. The molecule has 1 unspecified atom stereocenters. The molecule has 0 fully saturated rings. The van der Waals surface area contributed by atoms with Crippen molar-refractivity contribution < 1.29 is 23.5 Å². The smallest absolute Gasteiger partial charge is 0.326 e. The minimum atomic E-state index is -1.40. The number of nitrogens with zero attached hydrogens (tertiary/aromatic N) is 2. The monoisotopic (exact) mass is 244 g/mol. The van der Waals surface area contributed by atoms with Gasteiger partial charge in [-0.05, 0) is 13.0 Å². The summed E-state index contributed by atoms with van der Waals surface area (Å²) in [4.78, 5) is 26.2. The summed E-state index contributed by atoms with van der Waals surface area (Å²) in [7, 11) is 1.19. The Kier molecular flexibility index (Phi) is 3.72. The Hall–Kier alpha value is -2.05. The summed E-state index contributed by atoms with van der Waals surface area (Å²) < 4.78 is 26.0. The molecule has 1 rings (SSSR count). The second-order valence-corrected chi connectivity index (χ2v) is 3.39. The van der Waals surface area contributed by atoms with E-state index in [9.17, 15) is 18.4 Å². The van der Waals surface area contributed by atoms with Crippen LogP contribution in [-0.4, -0.2) is 40.0 Å². The van der Waals surface area contributed by atoms with Crippen LogP contribution in [-0.2, 0) is 4.79 Å². The van der Waals surface area contributed by atoms with E-state index in [1.165, 1.54) is 14.0 Å². The first-order valence-electron chi connectivity index (χ1n) is 4.66.